The lowest BCUT2D eigenvalue weighted by atomic mass is 9.95. The van der Waals surface area contributed by atoms with Gasteiger partial charge in [-0.2, -0.15) is 5.10 Å². The lowest BCUT2D eigenvalue weighted by Gasteiger charge is -2.33. The minimum Gasteiger partial charge on any atom is -0.344 e. The van der Waals surface area contributed by atoms with E-state index in [2.05, 4.69) is 10.4 Å². The summed E-state index contributed by atoms with van der Waals surface area (Å²) in [5.74, 6) is 0.885. The van der Waals surface area contributed by atoms with E-state index in [0.717, 1.165) is 24.2 Å². The Bertz CT molecular complexity index is 925. The van der Waals surface area contributed by atoms with Crippen LogP contribution in [0.1, 0.15) is 43.0 Å². The van der Waals surface area contributed by atoms with Gasteiger partial charge in [0.25, 0.3) is 0 Å². The number of aromatic nitrogens is 3. The Morgan fingerprint density at radius 2 is 1.86 bits per heavy atom. The number of carbonyl (C=O) groups excluding carboxylic acids is 2. The highest BCUT2D eigenvalue weighted by Gasteiger charge is 2.34. The van der Waals surface area contributed by atoms with Crippen LogP contribution in [0.3, 0.4) is 0 Å². The molecular formula is C20H25N5O3. The molecule has 28 heavy (non-hydrogen) atoms. The molecule has 0 aliphatic carbocycles. The molecule has 0 radical (unpaired) electrons. The smallest absolute Gasteiger partial charge is 0.344 e. The molecule has 2 saturated heterocycles. The number of benzene rings is 1. The minimum absolute atomic E-state index is 0.00648. The molecule has 0 spiro atoms. The first-order valence-corrected chi connectivity index (χ1v) is 9.78. The van der Waals surface area contributed by atoms with Crippen molar-refractivity contribution in [2.45, 2.75) is 44.2 Å². The van der Waals surface area contributed by atoms with E-state index >= 15 is 0 Å². The van der Waals surface area contributed by atoms with E-state index in [1.165, 1.54) is 4.68 Å². The normalized spacial score (nSPS) is 20.4. The molecule has 2 fully saturated rings. The molecule has 2 amide bonds. The number of hydrogen-bond acceptors (Lipinski definition) is 4. The lowest BCUT2D eigenvalue weighted by molar-refractivity contribution is -0.135. The molecule has 1 aromatic heterocycles. The third kappa shape index (κ3) is 3.58. The van der Waals surface area contributed by atoms with Gasteiger partial charge in [0, 0.05) is 32.5 Å². The number of aryl methyl sites for hydroxylation is 1. The summed E-state index contributed by atoms with van der Waals surface area (Å²) in [5, 5.41) is 7.24. The molecule has 1 atom stereocenters. The van der Waals surface area contributed by atoms with E-state index in [1.807, 2.05) is 35.2 Å². The standard InChI is InChI=1S/C20H25N5O3/c1-23-20(28)25(13-14-5-3-2-4-6-14)18(22-23)15-9-11-24(12-10-15)19(27)16-7-8-17(26)21-16/h2-6,15-16H,7-13H2,1H3,(H,21,26)/t16-/m1/s1. The topological polar surface area (TPSA) is 89.2 Å². The maximum atomic E-state index is 12.6. The minimum atomic E-state index is -0.379. The average molecular weight is 383 g/mol. The molecular weight excluding hydrogens is 358 g/mol. The van der Waals surface area contributed by atoms with Gasteiger partial charge < -0.3 is 10.2 Å². The molecule has 8 heteroatoms. The Hall–Kier alpha value is -2.90. The molecule has 2 aliphatic rings. The van der Waals surface area contributed by atoms with E-state index in [1.54, 1.807) is 11.6 Å². The number of carbonyl (C=O) groups is 2. The van der Waals surface area contributed by atoms with Crippen molar-refractivity contribution in [1.82, 2.24) is 24.6 Å². The second kappa shape index (κ2) is 7.61. The van der Waals surface area contributed by atoms with Crippen molar-refractivity contribution in [2.24, 2.45) is 7.05 Å². The molecule has 2 aromatic rings. The van der Waals surface area contributed by atoms with Gasteiger partial charge >= 0.3 is 5.69 Å². The number of nitrogens with one attached hydrogen (secondary N) is 1. The summed E-state index contributed by atoms with van der Waals surface area (Å²) in [6.45, 7) is 1.73. The Morgan fingerprint density at radius 3 is 2.50 bits per heavy atom. The summed E-state index contributed by atoms with van der Waals surface area (Å²) in [4.78, 5) is 38.4. The van der Waals surface area contributed by atoms with Crippen LogP contribution in [0.15, 0.2) is 35.1 Å². The molecule has 3 heterocycles. The predicted octanol–water partition coefficient (Wildman–Crippen LogP) is 0.615. The highest BCUT2D eigenvalue weighted by atomic mass is 16.2. The fourth-order valence-corrected chi connectivity index (χ4v) is 4.12. The number of nitrogens with zero attached hydrogens (tertiary/aromatic N) is 4. The van der Waals surface area contributed by atoms with Gasteiger partial charge in [0.2, 0.25) is 11.8 Å². The zero-order valence-electron chi connectivity index (χ0n) is 16.0. The molecule has 8 nitrogen and oxygen atoms in total. The predicted molar refractivity (Wildman–Crippen MR) is 103 cm³/mol. The number of likely N-dealkylation sites (tertiary alicyclic amines) is 1. The highest BCUT2D eigenvalue weighted by Crippen LogP contribution is 2.27. The van der Waals surface area contributed by atoms with Crippen molar-refractivity contribution in [2.75, 3.05) is 13.1 Å². The van der Waals surface area contributed by atoms with Gasteiger partial charge in [0.1, 0.15) is 11.9 Å². The van der Waals surface area contributed by atoms with Gasteiger partial charge in [0.05, 0.1) is 6.54 Å². The number of piperidine rings is 1. The van der Waals surface area contributed by atoms with Gasteiger partial charge in [0.15, 0.2) is 0 Å². The summed E-state index contributed by atoms with van der Waals surface area (Å²) in [7, 11) is 1.68. The third-order valence-corrected chi connectivity index (χ3v) is 5.69. The number of amides is 2. The van der Waals surface area contributed by atoms with Gasteiger partial charge in [-0.15, -0.1) is 0 Å². The van der Waals surface area contributed by atoms with Crippen molar-refractivity contribution in [3.8, 4) is 0 Å². The van der Waals surface area contributed by atoms with Crippen LogP contribution in [0.4, 0.5) is 0 Å². The van der Waals surface area contributed by atoms with E-state index in [4.69, 9.17) is 0 Å². The van der Waals surface area contributed by atoms with Crippen molar-refractivity contribution < 1.29 is 9.59 Å². The number of rotatable bonds is 4. The van der Waals surface area contributed by atoms with Crippen LogP contribution in [0.2, 0.25) is 0 Å². The van der Waals surface area contributed by atoms with Crippen LogP contribution >= 0.6 is 0 Å². The molecule has 1 aromatic carbocycles. The zero-order chi connectivity index (χ0) is 19.7. The summed E-state index contributed by atoms with van der Waals surface area (Å²) in [6.07, 6.45) is 2.52. The maximum absolute atomic E-state index is 12.6. The van der Waals surface area contributed by atoms with Gasteiger partial charge in [-0.25, -0.2) is 9.48 Å². The molecule has 0 bridgehead atoms. The fraction of sp³-hybridized carbons (Fsp3) is 0.500. The quantitative estimate of drug-likeness (QED) is 0.838. The second-order valence-corrected chi connectivity index (χ2v) is 7.59. The van der Waals surface area contributed by atoms with Gasteiger partial charge in [-0.3, -0.25) is 14.2 Å². The van der Waals surface area contributed by atoms with Crippen LogP contribution in [0, 0.1) is 0 Å². The van der Waals surface area contributed by atoms with Crippen molar-refractivity contribution >= 4 is 11.8 Å². The lowest BCUT2D eigenvalue weighted by Crippen LogP contribution is -2.47. The maximum Gasteiger partial charge on any atom is 0.345 e. The van der Waals surface area contributed by atoms with Gasteiger partial charge in [-0.05, 0) is 24.8 Å². The SMILES string of the molecule is Cn1nc(C2CCN(C(=O)[C@H]3CCC(=O)N3)CC2)n(Cc2ccccc2)c1=O. The van der Waals surface area contributed by atoms with E-state index in [-0.39, 0.29) is 29.5 Å². The van der Waals surface area contributed by atoms with E-state index in [9.17, 15) is 14.4 Å². The van der Waals surface area contributed by atoms with Crippen molar-refractivity contribution in [3.63, 3.8) is 0 Å². The first-order chi connectivity index (χ1) is 13.5. The van der Waals surface area contributed by atoms with E-state index in [0.29, 0.717) is 32.5 Å². The van der Waals surface area contributed by atoms with E-state index < -0.39 is 0 Å². The summed E-state index contributed by atoms with van der Waals surface area (Å²) >= 11 is 0. The first kappa shape index (κ1) is 18.5. The van der Waals surface area contributed by atoms with Crippen LogP contribution in [-0.4, -0.2) is 50.2 Å². The summed E-state index contributed by atoms with van der Waals surface area (Å²) in [5.41, 5.74) is 0.939. The Labute approximate surface area is 163 Å². The number of hydrogen-bond donors (Lipinski definition) is 1. The molecule has 0 unspecified atom stereocenters. The molecule has 1 N–H and O–H groups in total. The first-order valence-electron chi connectivity index (χ1n) is 9.78. The zero-order valence-corrected chi connectivity index (χ0v) is 16.0. The van der Waals surface area contributed by atoms with Crippen LogP contribution in [0.5, 0.6) is 0 Å². The van der Waals surface area contributed by atoms with Crippen LogP contribution < -0.4 is 11.0 Å². The monoisotopic (exact) mass is 383 g/mol. The second-order valence-electron chi connectivity index (χ2n) is 7.59. The third-order valence-electron chi connectivity index (χ3n) is 5.69. The van der Waals surface area contributed by atoms with Crippen LogP contribution in [-0.2, 0) is 23.2 Å². The van der Waals surface area contributed by atoms with Crippen molar-refractivity contribution in [1.29, 1.82) is 0 Å². The summed E-state index contributed by atoms with van der Waals surface area (Å²) < 4.78 is 3.14. The molecule has 0 saturated carbocycles. The fourth-order valence-electron chi connectivity index (χ4n) is 4.12. The Kier molecular flexibility index (Phi) is 5.02. The van der Waals surface area contributed by atoms with Crippen LogP contribution in [0.25, 0.3) is 0 Å². The largest absolute Gasteiger partial charge is 0.345 e. The van der Waals surface area contributed by atoms with Crippen molar-refractivity contribution in [3.05, 3.63) is 52.2 Å². The highest BCUT2D eigenvalue weighted by molar-refractivity contribution is 5.90. The molecule has 148 valence electrons. The molecule has 2 aliphatic heterocycles. The summed E-state index contributed by atoms with van der Waals surface area (Å²) in [6, 6.07) is 9.50. The van der Waals surface area contributed by atoms with Gasteiger partial charge in [-0.1, -0.05) is 30.3 Å². The average Bonchev–Trinajstić information content (AvgIpc) is 3.27. The Morgan fingerprint density at radius 1 is 1.14 bits per heavy atom. The Balaban J connectivity index is 1.46. The molecule has 4 rings (SSSR count).